The quantitative estimate of drug-likeness (QED) is 0.369. The Morgan fingerprint density at radius 1 is 1.21 bits per heavy atom. The molecule has 0 bridgehead atoms. The summed E-state index contributed by atoms with van der Waals surface area (Å²) in [5.41, 5.74) is 3.20. The van der Waals surface area contributed by atoms with Crippen LogP contribution in [0, 0.1) is 0 Å². The average Bonchev–Trinajstić information content (AvgIpc) is 2.51. The molecule has 1 aromatic carbocycles. The summed E-state index contributed by atoms with van der Waals surface area (Å²) in [6.45, 7) is 0.1000. The summed E-state index contributed by atoms with van der Waals surface area (Å²) in [5.74, 6) is 0.506. The zero-order chi connectivity index (χ0) is 16.9. The Morgan fingerprint density at radius 2 is 1.92 bits per heavy atom. The number of aromatic hydroxyl groups is 1. The van der Waals surface area contributed by atoms with Crippen LogP contribution in [-0.4, -0.2) is 30.8 Å². The van der Waals surface area contributed by atoms with Gasteiger partial charge < -0.3 is 15.7 Å². The second-order valence-corrected chi connectivity index (χ2v) is 5.63. The van der Waals surface area contributed by atoms with Gasteiger partial charge in [-0.2, -0.15) is 13.2 Å². The Morgan fingerprint density at radius 3 is 2.58 bits per heavy atom. The molecule has 0 saturated heterocycles. The molecule has 0 aromatic heterocycles. The summed E-state index contributed by atoms with van der Waals surface area (Å²) in [5, 5.41) is 15.7. The molecular weight excluding hydrogens is 434 g/mol. The molecule has 136 valence electrons. The summed E-state index contributed by atoms with van der Waals surface area (Å²) >= 11 is 0. The van der Waals surface area contributed by atoms with Crippen molar-refractivity contribution in [3.8, 4) is 5.75 Å². The van der Waals surface area contributed by atoms with E-state index in [4.69, 9.17) is 0 Å². The van der Waals surface area contributed by atoms with Gasteiger partial charge in [-0.25, -0.2) is 0 Å². The van der Waals surface area contributed by atoms with Gasteiger partial charge in [-0.1, -0.05) is 6.07 Å². The summed E-state index contributed by atoms with van der Waals surface area (Å²) < 4.78 is 36.5. The van der Waals surface area contributed by atoms with Crippen LogP contribution in [0.5, 0.6) is 5.75 Å². The van der Waals surface area contributed by atoms with Crippen molar-refractivity contribution < 1.29 is 18.3 Å². The van der Waals surface area contributed by atoms with Crippen LogP contribution in [0.15, 0.2) is 17.1 Å². The summed E-state index contributed by atoms with van der Waals surface area (Å²) in [6, 6.07) is 3.63. The lowest BCUT2D eigenvalue weighted by Gasteiger charge is -2.21. The van der Waals surface area contributed by atoms with Crippen molar-refractivity contribution in [3.05, 3.63) is 28.8 Å². The highest BCUT2D eigenvalue weighted by molar-refractivity contribution is 14.0. The molecule has 1 aliphatic rings. The molecule has 0 aliphatic heterocycles. The fourth-order valence-corrected chi connectivity index (χ4v) is 2.80. The first-order valence-corrected chi connectivity index (χ1v) is 7.74. The molecule has 24 heavy (non-hydrogen) atoms. The van der Waals surface area contributed by atoms with Gasteiger partial charge in [0.25, 0.3) is 0 Å². The standard InChI is InChI=1S/C16H22F3N3O.HI/c1-20-15(21-9-8-16(17,18)19)22-10-13-12-5-3-2-4-11(12)6-7-14(13)23;/h6-7,23H,2-5,8-10H2,1H3,(H2,20,21,22);1H. The molecule has 0 spiro atoms. The number of rotatable bonds is 4. The predicted molar refractivity (Wildman–Crippen MR) is 99.0 cm³/mol. The normalized spacial score (nSPS) is 14.6. The van der Waals surface area contributed by atoms with Gasteiger partial charge in [0.1, 0.15) is 5.75 Å². The molecule has 1 aliphatic carbocycles. The van der Waals surface area contributed by atoms with Crippen molar-refractivity contribution in [2.75, 3.05) is 13.6 Å². The number of aryl methyl sites for hydroxylation is 1. The first-order valence-electron chi connectivity index (χ1n) is 7.74. The number of benzene rings is 1. The molecule has 0 atom stereocenters. The molecule has 8 heteroatoms. The van der Waals surface area contributed by atoms with Crippen molar-refractivity contribution in [3.63, 3.8) is 0 Å². The fourth-order valence-electron chi connectivity index (χ4n) is 2.80. The molecular formula is C16H23F3IN3O. The van der Waals surface area contributed by atoms with Crippen LogP contribution in [0.1, 0.15) is 36.0 Å². The van der Waals surface area contributed by atoms with E-state index in [0.29, 0.717) is 12.5 Å². The third-order valence-electron chi connectivity index (χ3n) is 3.98. The van der Waals surface area contributed by atoms with Crippen LogP contribution in [-0.2, 0) is 19.4 Å². The van der Waals surface area contributed by atoms with Crippen LogP contribution >= 0.6 is 24.0 Å². The number of phenols is 1. The maximum Gasteiger partial charge on any atom is 0.390 e. The van der Waals surface area contributed by atoms with E-state index in [0.717, 1.165) is 36.8 Å². The minimum atomic E-state index is -4.19. The van der Waals surface area contributed by atoms with Crippen LogP contribution < -0.4 is 10.6 Å². The van der Waals surface area contributed by atoms with Gasteiger partial charge in [0, 0.05) is 25.7 Å². The van der Waals surface area contributed by atoms with E-state index < -0.39 is 12.6 Å². The Hall–Kier alpha value is -1.19. The molecule has 1 aromatic rings. The number of hydrogen-bond donors (Lipinski definition) is 3. The van der Waals surface area contributed by atoms with E-state index >= 15 is 0 Å². The lowest BCUT2D eigenvalue weighted by Crippen LogP contribution is -2.38. The number of nitrogens with zero attached hydrogens (tertiary/aromatic N) is 1. The third kappa shape index (κ3) is 6.03. The maximum absolute atomic E-state index is 12.2. The SMILES string of the molecule is CN=C(NCCC(F)(F)F)NCc1c(O)ccc2c1CCCC2.I. The lowest BCUT2D eigenvalue weighted by molar-refractivity contribution is -0.132. The van der Waals surface area contributed by atoms with Crippen molar-refractivity contribution in [1.29, 1.82) is 0 Å². The lowest BCUT2D eigenvalue weighted by atomic mass is 9.88. The summed E-state index contributed by atoms with van der Waals surface area (Å²) in [6.07, 6.45) is -0.961. The number of guanidine groups is 1. The van der Waals surface area contributed by atoms with Crippen molar-refractivity contribution in [1.82, 2.24) is 10.6 Å². The molecule has 0 amide bonds. The maximum atomic E-state index is 12.2. The Kier molecular flexibility index (Phi) is 8.11. The number of phenolic OH excluding ortho intramolecular Hbond substituents is 1. The van der Waals surface area contributed by atoms with E-state index in [2.05, 4.69) is 15.6 Å². The van der Waals surface area contributed by atoms with E-state index in [1.54, 1.807) is 6.07 Å². The Labute approximate surface area is 157 Å². The molecule has 2 rings (SSSR count). The third-order valence-corrected chi connectivity index (χ3v) is 3.98. The number of aliphatic imine (C=N–C) groups is 1. The van der Waals surface area contributed by atoms with Crippen molar-refractivity contribution >= 4 is 29.9 Å². The minimum Gasteiger partial charge on any atom is -0.508 e. The van der Waals surface area contributed by atoms with Gasteiger partial charge in [0.15, 0.2) is 5.96 Å². The highest BCUT2D eigenvalue weighted by Crippen LogP contribution is 2.30. The van der Waals surface area contributed by atoms with E-state index in [1.807, 2.05) is 6.07 Å². The topological polar surface area (TPSA) is 56.7 Å². The van der Waals surface area contributed by atoms with Crippen LogP contribution in [0.4, 0.5) is 13.2 Å². The first-order chi connectivity index (χ1) is 10.9. The van der Waals surface area contributed by atoms with Gasteiger partial charge >= 0.3 is 6.18 Å². The monoisotopic (exact) mass is 457 g/mol. The second kappa shape index (κ2) is 9.33. The Bertz CT molecular complexity index is 576. The minimum absolute atomic E-state index is 0. The fraction of sp³-hybridized carbons (Fsp3) is 0.562. The zero-order valence-corrected chi connectivity index (χ0v) is 15.9. The second-order valence-electron chi connectivity index (χ2n) is 5.63. The number of halogens is 4. The van der Waals surface area contributed by atoms with Crippen LogP contribution in [0.2, 0.25) is 0 Å². The molecule has 3 N–H and O–H groups in total. The van der Waals surface area contributed by atoms with Gasteiger partial charge in [0.05, 0.1) is 6.42 Å². The Balaban J connectivity index is 0.00000288. The molecule has 4 nitrogen and oxygen atoms in total. The first kappa shape index (κ1) is 20.9. The van der Waals surface area contributed by atoms with Crippen molar-refractivity contribution in [2.45, 2.75) is 44.8 Å². The molecule has 0 saturated carbocycles. The molecule has 0 fully saturated rings. The van der Waals surface area contributed by atoms with E-state index in [1.165, 1.54) is 12.6 Å². The van der Waals surface area contributed by atoms with Crippen LogP contribution in [0.25, 0.3) is 0 Å². The van der Waals surface area contributed by atoms with Gasteiger partial charge in [-0.3, -0.25) is 4.99 Å². The largest absolute Gasteiger partial charge is 0.508 e. The number of alkyl halides is 3. The molecule has 0 heterocycles. The zero-order valence-electron chi connectivity index (χ0n) is 13.5. The predicted octanol–water partition coefficient (Wildman–Crippen LogP) is 3.51. The molecule has 0 unspecified atom stereocenters. The van der Waals surface area contributed by atoms with E-state index in [-0.39, 0.29) is 36.3 Å². The summed E-state index contributed by atoms with van der Waals surface area (Å²) in [7, 11) is 1.50. The average molecular weight is 457 g/mol. The molecule has 0 radical (unpaired) electrons. The van der Waals surface area contributed by atoms with Crippen molar-refractivity contribution in [2.24, 2.45) is 4.99 Å². The van der Waals surface area contributed by atoms with Gasteiger partial charge in [0.2, 0.25) is 0 Å². The highest BCUT2D eigenvalue weighted by Gasteiger charge is 2.26. The van der Waals surface area contributed by atoms with Gasteiger partial charge in [-0.15, -0.1) is 24.0 Å². The van der Waals surface area contributed by atoms with Crippen LogP contribution in [0.3, 0.4) is 0 Å². The number of fused-ring (bicyclic) bond motifs is 1. The summed E-state index contributed by atoms with van der Waals surface area (Å²) in [4.78, 5) is 3.91. The smallest absolute Gasteiger partial charge is 0.390 e. The van der Waals surface area contributed by atoms with E-state index in [9.17, 15) is 18.3 Å². The number of hydrogen-bond acceptors (Lipinski definition) is 2. The number of nitrogens with one attached hydrogen (secondary N) is 2. The highest BCUT2D eigenvalue weighted by atomic mass is 127. The van der Waals surface area contributed by atoms with Gasteiger partial charge in [-0.05, 0) is 42.9 Å².